The molecule has 2 atom stereocenters. The number of piperazine rings is 1. The maximum absolute atomic E-state index is 12.8. The third-order valence-corrected chi connectivity index (χ3v) is 4.59. The zero-order chi connectivity index (χ0) is 13.7. The number of carbonyl (C=O) groups excluding carboxylic acids is 1. The predicted molar refractivity (Wildman–Crippen MR) is 78.3 cm³/mol. The van der Waals surface area contributed by atoms with Crippen molar-refractivity contribution in [3.05, 3.63) is 0 Å². The van der Waals surface area contributed by atoms with E-state index in [2.05, 4.69) is 29.0 Å². The van der Waals surface area contributed by atoms with Crippen LogP contribution < -0.4 is 5.32 Å². The van der Waals surface area contributed by atoms with E-state index in [1.807, 2.05) is 0 Å². The fourth-order valence-electron chi connectivity index (χ4n) is 3.18. The molecule has 0 bridgehead atoms. The fourth-order valence-corrected chi connectivity index (χ4v) is 3.18. The lowest BCUT2D eigenvalue weighted by molar-refractivity contribution is 0.105. The number of likely N-dealkylation sites (tertiary alicyclic amines) is 1. The summed E-state index contributed by atoms with van der Waals surface area (Å²) in [5.74, 6) is 0. The first kappa shape index (κ1) is 14.6. The van der Waals surface area contributed by atoms with Crippen LogP contribution in [0.4, 0.5) is 4.79 Å². The molecule has 2 heterocycles. The van der Waals surface area contributed by atoms with E-state index in [4.69, 9.17) is 0 Å². The minimum atomic E-state index is 0.286. The number of nitrogens with zero attached hydrogens (tertiary/aromatic N) is 2. The molecule has 2 saturated heterocycles. The number of hydrogen-bond acceptors (Lipinski definition) is 2. The average molecular weight is 267 g/mol. The monoisotopic (exact) mass is 267 g/mol. The van der Waals surface area contributed by atoms with E-state index in [1.165, 1.54) is 25.7 Å². The molecule has 4 heteroatoms. The summed E-state index contributed by atoms with van der Waals surface area (Å²) in [5, 5.41) is 3.56. The van der Waals surface area contributed by atoms with Crippen molar-refractivity contribution >= 4 is 6.03 Å². The standard InChI is InChI=1S/C15H29N3O/c1-3-13-12-18(14(4-2)11-16-13)15(19)17-9-7-5-6-8-10-17/h13-14,16H,3-12H2,1-2H3. The first-order valence-electron chi connectivity index (χ1n) is 8.05. The maximum atomic E-state index is 12.8. The summed E-state index contributed by atoms with van der Waals surface area (Å²) in [6.07, 6.45) is 7.04. The van der Waals surface area contributed by atoms with Crippen molar-refractivity contribution < 1.29 is 4.79 Å². The van der Waals surface area contributed by atoms with Crippen LogP contribution in [0.15, 0.2) is 0 Å². The van der Waals surface area contributed by atoms with Gasteiger partial charge >= 0.3 is 6.03 Å². The van der Waals surface area contributed by atoms with Crippen LogP contribution in [0.3, 0.4) is 0 Å². The van der Waals surface area contributed by atoms with Gasteiger partial charge in [0.1, 0.15) is 0 Å². The molecule has 0 aromatic heterocycles. The maximum Gasteiger partial charge on any atom is 0.320 e. The Hall–Kier alpha value is -0.770. The molecule has 2 amide bonds. The highest BCUT2D eigenvalue weighted by Gasteiger charge is 2.32. The number of rotatable bonds is 2. The van der Waals surface area contributed by atoms with Crippen molar-refractivity contribution in [1.29, 1.82) is 0 Å². The largest absolute Gasteiger partial charge is 0.325 e. The smallest absolute Gasteiger partial charge is 0.320 e. The molecule has 2 aliphatic heterocycles. The Morgan fingerprint density at radius 3 is 2.37 bits per heavy atom. The lowest BCUT2D eigenvalue weighted by Crippen LogP contribution is -2.60. The first-order valence-corrected chi connectivity index (χ1v) is 8.05. The summed E-state index contributed by atoms with van der Waals surface area (Å²) in [7, 11) is 0. The van der Waals surface area contributed by atoms with Gasteiger partial charge in [-0.15, -0.1) is 0 Å². The topological polar surface area (TPSA) is 35.6 Å². The summed E-state index contributed by atoms with van der Waals surface area (Å²) in [6.45, 7) is 8.12. The van der Waals surface area contributed by atoms with E-state index >= 15 is 0 Å². The molecular weight excluding hydrogens is 238 g/mol. The lowest BCUT2D eigenvalue weighted by Gasteiger charge is -2.42. The van der Waals surface area contributed by atoms with Crippen molar-refractivity contribution in [2.24, 2.45) is 0 Å². The van der Waals surface area contributed by atoms with Gasteiger partial charge in [-0.05, 0) is 25.7 Å². The van der Waals surface area contributed by atoms with Crippen LogP contribution in [0.1, 0.15) is 52.4 Å². The van der Waals surface area contributed by atoms with E-state index in [9.17, 15) is 4.79 Å². The Morgan fingerprint density at radius 1 is 1.11 bits per heavy atom. The number of nitrogens with one attached hydrogen (secondary N) is 1. The van der Waals surface area contributed by atoms with Crippen LogP contribution in [-0.2, 0) is 0 Å². The third kappa shape index (κ3) is 3.62. The van der Waals surface area contributed by atoms with Gasteiger partial charge in [0.25, 0.3) is 0 Å². The second-order valence-corrected chi connectivity index (χ2v) is 5.91. The highest BCUT2D eigenvalue weighted by Crippen LogP contribution is 2.17. The van der Waals surface area contributed by atoms with Gasteiger partial charge < -0.3 is 15.1 Å². The lowest BCUT2D eigenvalue weighted by atomic mass is 10.1. The van der Waals surface area contributed by atoms with Gasteiger partial charge in [-0.3, -0.25) is 0 Å². The Kier molecular flexibility index (Phi) is 5.49. The fraction of sp³-hybridized carbons (Fsp3) is 0.933. The molecular formula is C15H29N3O. The molecule has 4 nitrogen and oxygen atoms in total. The minimum absolute atomic E-state index is 0.286. The Bertz CT molecular complexity index is 287. The van der Waals surface area contributed by atoms with Crippen molar-refractivity contribution in [3.63, 3.8) is 0 Å². The molecule has 0 aromatic rings. The zero-order valence-electron chi connectivity index (χ0n) is 12.5. The molecule has 0 aromatic carbocycles. The van der Waals surface area contributed by atoms with Gasteiger partial charge in [0.15, 0.2) is 0 Å². The van der Waals surface area contributed by atoms with Gasteiger partial charge in [-0.25, -0.2) is 4.79 Å². The molecule has 0 saturated carbocycles. The number of carbonyl (C=O) groups is 1. The second-order valence-electron chi connectivity index (χ2n) is 5.91. The van der Waals surface area contributed by atoms with Gasteiger partial charge in [0, 0.05) is 38.3 Å². The van der Waals surface area contributed by atoms with Gasteiger partial charge in [0.05, 0.1) is 0 Å². The molecule has 2 fully saturated rings. The minimum Gasteiger partial charge on any atom is -0.325 e. The van der Waals surface area contributed by atoms with E-state index in [1.54, 1.807) is 0 Å². The molecule has 2 rings (SSSR count). The van der Waals surface area contributed by atoms with Crippen molar-refractivity contribution in [2.45, 2.75) is 64.5 Å². The second kappa shape index (κ2) is 7.13. The Labute approximate surface area is 117 Å². The Morgan fingerprint density at radius 2 is 1.79 bits per heavy atom. The predicted octanol–water partition coefficient (Wildman–Crippen LogP) is 2.44. The highest BCUT2D eigenvalue weighted by molar-refractivity contribution is 5.75. The van der Waals surface area contributed by atoms with Crippen molar-refractivity contribution in [1.82, 2.24) is 15.1 Å². The van der Waals surface area contributed by atoms with Gasteiger partial charge in [0.2, 0.25) is 0 Å². The average Bonchev–Trinajstić information content (AvgIpc) is 2.74. The SMILES string of the molecule is CCC1CN(C(=O)N2CCCCCC2)C(CC)CN1. The normalized spacial score (nSPS) is 29.2. The molecule has 0 radical (unpaired) electrons. The third-order valence-electron chi connectivity index (χ3n) is 4.59. The number of amides is 2. The summed E-state index contributed by atoms with van der Waals surface area (Å²) in [4.78, 5) is 17.0. The summed E-state index contributed by atoms with van der Waals surface area (Å²) < 4.78 is 0. The quantitative estimate of drug-likeness (QED) is 0.834. The molecule has 2 unspecified atom stereocenters. The molecule has 110 valence electrons. The van der Waals surface area contributed by atoms with Gasteiger partial charge in [-0.1, -0.05) is 26.7 Å². The van der Waals surface area contributed by atoms with Crippen LogP contribution >= 0.6 is 0 Å². The molecule has 0 spiro atoms. The molecule has 2 aliphatic rings. The first-order chi connectivity index (χ1) is 9.26. The summed E-state index contributed by atoms with van der Waals surface area (Å²) >= 11 is 0. The van der Waals surface area contributed by atoms with Crippen LogP contribution in [0.2, 0.25) is 0 Å². The van der Waals surface area contributed by atoms with E-state index in [-0.39, 0.29) is 6.03 Å². The molecule has 1 N–H and O–H groups in total. The van der Waals surface area contributed by atoms with Crippen molar-refractivity contribution in [2.75, 3.05) is 26.2 Å². The van der Waals surface area contributed by atoms with Crippen LogP contribution in [0.25, 0.3) is 0 Å². The van der Waals surface area contributed by atoms with E-state index in [0.717, 1.165) is 39.0 Å². The number of urea groups is 1. The van der Waals surface area contributed by atoms with Crippen LogP contribution in [0.5, 0.6) is 0 Å². The number of hydrogen-bond donors (Lipinski definition) is 1. The summed E-state index contributed by atoms with van der Waals surface area (Å²) in [5.41, 5.74) is 0. The van der Waals surface area contributed by atoms with Crippen LogP contribution in [0, 0.1) is 0 Å². The van der Waals surface area contributed by atoms with E-state index in [0.29, 0.717) is 12.1 Å². The van der Waals surface area contributed by atoms with Gasteiger partial charge in [-0.2, -0.15) is 0 Å². The van der Waals surface area contributed by atoms with Crippen LogP contribution in [-0.4, -0.2) is 54.1 Å². The van der Waals surface area contributed by atoms with E-state index < -0.39 is 0 Å². The molecule has 0 aliphatic carbocycles. The molecule has 19 heavy (non-hydrogen) atoms. The zero-order valence-corrected chi connectivity index (χ0v) is 12.5. The van der Waals surface area contributed by atoms with Crippen molar-refractivity contribution in [3.8, 4) is 0 Å². The highest BCUT2D eigenvalue weighted by atomic mass is 16.2. The Balaban J connectivity index is 2.00. The summed E-state index contributed by atoms with van der Waals surface area (Å²) in [6, 6.07) is 1.13.